The van der Waals surface area contributed by atoms with Gasteiger partial charge in [-0.2, -0.15) is 0 Å². The molecule has 0 aromatic rings. The molecule has 0 spiro atoms. The summed E-state index contributed by atoms with van der Waals surface area (Å²) in [6.45, 7) is 6.81. The van der Waals surface area contributed by atoms with Gasteiger partial charge in [0.25, 0.3) is 0 Å². The Balaban J connectivity index is 4.20. The van der Waals surface area contributed by atoms with Crippen LogP contribution in [0.3, 0.4) is 0 Å². The summed E-state index contributed by atoms with van der Waals surface area (Å²) in [6, 6.07) is 0. The van der Waals surface area contributed by atoms with Crippen LogP contribution in [0.1, 0.15) is 33.6 Å². The largest absolute Gasteiger partial charge is 0.466 e. The SMILES string of the molecule is CCOC(=O)[C@@H](CN)C(CC)CC. The minimum absolute atomic E-state index is 0.116. The van der Waals surface area contributed by atoms with Gasteiger partial charge in [0.1, 0.15) is 0 Å². The molecule has 1 atom stereocenters. The van der Waals surface area contributed by atoms with Crippen molar-refractivity contribution < 1.29 is 9.53 Å². The number of nitrogens with two attached hydrogens (primary N) is 1. The van der Waals surface area contributed by atoms with E-state index in [1.54, 1.807) is 0 Å². The van der Waals surface area contributed by atoms with E-state index in [4.69, 9.17) is 10.5 Å². The number of carbonyl (C=O) groups excluding carboxylic acids is 1. The lowest BCUT2D eigenvalue weighted by molar-refractivity contribution is -0.149. The van der Waals surface area contributed by atoms with Crippen molar-refractivity contribution in [2.75, 3.05) is 13.2 Å². The zero-order chi connectivity index (χ0) is 10.3. The Bertz CT molecular complexity index is 144. The highest BCUT2D eigenvalue weighted by Gasteiger charge is 2.25. The Morgan fingerprint density at radius 1 is 1.31 bits per heavy atom. The fourth-order valence-corrected chi connectivity index (χ4v) is 1.59. The van der Waals surface area contributed by atoms with Gasteiger partial charge in [-0.05, 0) is 12.8 Å². The molecule has 0 aliphatic rings. The first-order valence-electron chi connectivity index (χ1n) is 5.07. The third-order valence-electron chi connectivity index (χ3n) is 2.46. The molecule has 0 saturated carbocycles. The van der Waals surface area contributed by atoms with Crippen LogP contribution in [0.4, 0.5) is 0 Å². The maximum Gasteiger partial charge on any atom is 0.310 e. The molecular formula is C10H21NO2. The molecule has 78 valence electrons. The summed E-state index contributed by atoms with van der Waals surface area (Å²) in [7, 11) is 0. The average molecular weight is 187 g/mol. The van der Waals surface area contributed by atoms with E-state index in [0.29, 0.717) is 19.1 Å². The zero-order valence-corrected chi connectivity index (χ0v) is 8.88. The number of rotatable bonds is 6. The van der Waals surface area contributed by atoms with Crippen molar-refractivity contribution >= 4 is 5.97 Å². The number of hydrogen-bond donors (Lipinski definition) is 1. The lowest BCUT2D eigenvalue weighted by Crippen LogP contribution is -2.32. The third kappa shape index (κ3) is 3.77. The summed E-state index contributed by atoms with van der Waals surface area (Å²) in [5.41, 5.74) is 5.56. The second-order valence-corrected chi connectivity index (χ2v) is 3.17. The minimum atomic E-state index is -0.140. The van der Waals surface area contributed by atoms with Gasteiger partial charge in [-0.25, -0.2) is 0 Å². The Morgan fingerprint density at radius 2 is 1.85 bits per heavy atom. The first-order chi connectivity index (χ1) is 6.21. The first kappa shape index (κ1) is 12.4. The van der Waals surface area contributed by atoms with Crippen LogP contribution in [0, 0.1) is 11.8 Å². The van der Waals surface area contributed by atoms with E-state index in [2.05, 4.69) is 13.8 Å². The summed E-state index contributed by atoms with van der Waals surface area (Å²) < 4.78 is 4.96. The van der Waals surface area contributed by atoms with Gasteiger partial charge in [-0.1, -0.05) is 26.7 Å². The van der Waals surface area contributed by atoms with Crippen molar-refractivity contribution in [1.82, 2.24) is 0 Å². The van der Waals surface area contributed by atoms with Crippen LogP contribution in [0.5, 0.6) is 0 Å². The summed E-state index contributed by atoms with van der Waals surface area (Å²) >= 11 is 0. The summed E-state index contributed by atoms with van der Waals surface area (Å²) in [5.74, 6) is 0.109. The number of hydrogen-bond acceptors (Lipinski definition) is 3. The number of ether oxygens (including phenoxy) is 1. The third-order valence-corrected chi connectivity index (χ3v) is 2.46. The van der Waals surface area contributed by atoms with Crippen LogP contribution in [-0.2, 0) is 9.53 Å². The van der Waals surface area contributed by atoms with E-state index < -0.39 is 0 Å². The van der Waals surface area contributed by atoms with E-state index in [-0.39, 0.29) is 11.9 Å². The van der Waals surface area contributed by atoms with Crippen molar-refractivity contribution in [3.05, 3.63) is 0 Å². The topological polar surface area (TPSA) is 52.3 Å². The molecule has 0 saturated heterocycles. The Kier molecular flexibility index (Phi) is 6.59. The van der Waals surface area contributed by atoms with Crippen LogP contribution in [0.2, 0.25) is 0 Å². The quantitative estimate of drug-likeness (QED) is 0.642. The fraction of sp³-hybridized carbons (Fsp3) is 0.900. The molecule has 0 unspecified atom stereocenters. The van der Waals surface area contributed by atoms with Crippen LogP contribution in [0.25, 0.3) is 0 Å². The van der Waals surface area contributed by atoms with Crippen molar-refractivity contribution in [3.8, 4) is 0 Å². The van der Waals surface area contributed by atoms with Crippen LogP contribution >= 0.6 is 0 Å². The van der Waals surface area contributed by atoms with Gasteiger partial charge in [-0.3, -0.25) is 4.79 Å². The maximum absolute atomic E-state index is 11.4. The molecule has 0 aromatic heterocycles. The van der Waals surface area contributed by atoms with Gasteiger partial charge in [0.15, 0.2) is 0 Å². The van der Waals surface area contributed by atoms with Crippen LogP contribution in [-0.4, -0.2) is 19.1 Å². The summed E-state index contributed by atoms with van der Waals surface area (Å²) in [6.07, 6.45) is 1.97. The second-order valence-electron chi connectivity index (χ2n) is 3.17. The van der Waals surface area contributed by atoms with E-state index in [9.17, 15) is 4.79 Å². The molecule has 13 heavy (non-hydrogen) atoms. The molecule has 0 aliphatic heterocycles. The number of carbonyl (C=O) groups is 1. The zero-order valence-electron chi connectivity index (χ0n) is 8.88. The molecule has 0 heterocycles. The van der Waals surface area contributed by atoms with E-state index in [1.807, 2.05) is 6.92 Å². The van der Waals surface area contributed by atoms with Gasteiger partial charge in [0.05, 0.1) is 12.5 Å². The molecule has 0 amide bonds. The molecule has 0 aromatic carbocycles. The average Bonchev–Trinajstić information content (AvgIpc) is 2.14. The van der Waals surface area contributed by atoms with E-state index in [0.717, 1.165) is 12.8 Å². The van der Waals surface area contributed by atoms with Crippen LogP contribution < -0.4 is 5.73 Å². The normalized spacial score (nSPS) is 13.0. The van der Waals surface area contributed by atoms with E-state index in [1.165, 1.54) is 0 Å². The predicted octanol–water partition coefficient (Wildman–Crippen LogP) is 1.56. The molecule has 0 aliphatic carbocycles. The molecule has 0 radical (unpaired) electrons. The monoisotopic (exact) mass is 187 g/mol. The lowest BCUT2D eigenvalue weighted by Gasteiger charge is -2.21. The molecule has 2 N–H and O–H groups in total. The second kappa shape index (κ2) is 6.89. The van der Waals surface area contributed by atoms with Gasteiger partial charge < -0.3 is 10.5 Å². The molecule has 0 bridgehead atoms. The first-order valence-corrected chi connectivity index (χ1v) is 5.07. The van der Waals surface area contributed by atoms with Crippen molar-refractivity contribution in [2.45, 2.75) is 33.6 Å². The smallest absolute Gasteiger partial charge is 0.310 e. The molecule has 3 nitrogen and oxygen atoms in total. The summed E-state index contributed by atoms with van der Waals surface area (Å²) in [4.78, 5) is 11.4. The van der Waals surface area contributed by atoms with Gasteiger partial charge >= 0.3 is 5.97 Å². The molecular weight excluding hydrogens is 166 g/mol. The highest BCUT2D eigenvalue weighted by Crippen LogP contribution is 2.19. The van der Waals surface area contributed by atoms with Crippen LogP contribution in [0.15, 0.2) is 0 Å². The van der Waals surface area contributed by atoms with Crippen molar-refractivity contribution in [2.24, 2.45) is 17.6 Å². The minimum Gasteiger partial charge on any atom is -0.466 e. The lowest BCUT2D eigenvalue weighted by atomic mass is 9.88. The Hall–Kier alpha value is -0.570. The highest BCUT2D eigenvalue weighted by atomic mass is 16.5. The fourth-order valence-electron chi connectivity index (χ4n) is 1.59. The molecule has 0 rings (SSSR count). The molecule has 0 fully saturated rings. The molecule has 3 heteroatoms. The number of esters is 1. The van der Waals surface area contributed by atoms with Gasteiger partial charge in [0.2, 0.25) is 0 Å². The standard InChI is InChI=1S/C10H21NO2/c1-4-8(5-2)9(7-11)10(12)13-6-3/h8-9H,4-7,11H2,1-3H3/t9-/m0/s1. The van der Waals surface area contributed by atoms with Crippen molar-refractivity contribution in [1.29, 1.82) is 0 Å². The highest BCUT2D eigenvalue weighted by molar-refractivity contribution is 5.73. The maximum atomic E-state index is 11.4. The van der Waals surface area contributed by atoms with Crippen molar-refractivity contribution in [3.63, 3.8) is 0 Å². The predicted molar refractivity (Wildman–Crippen MR) is 53.2 cm³/mol. The summed E-state index contributed by atoms with van der Waals surface area (Å²) in [5, 5.41) is 0. The van der Waals surface area contributed by atoms with Gasteiger partial charge in [-0.15, -0.1) is 0 Å². The van der Waals surface area contributed by atoms with E-state index >= 15 is 0 Å². The Morgan fingerprint density at radius 3 is 2.15 bits per heavy atom. The Labute approximate surface area is 80.6 Å². The van der Waals surface area contributed by atoms with Gasteiger partial charge in [0, 0.05) is 6.54 Å².